The molecule has 3 rings (SSSR count). The zero-order chi connectivity index (χ0) is 22.4. The van der Waals surface area contributed by atoms with Crippen molar-refractivity contribution in [3.8, 4) is 0 Å². The molecular formula is C26H27FN2O2. The minimum absolute atomic E-state index is 0.0462. The van der Waals surface area contributed by atoms with Crippen LogP contribution >= 0.6 is 0 Å². The fraction of sp³-hybridized carbons (Fsp3) is 0.231. The van der Waals surface area contributed by atoms with Crippen LogP contribution in [0.15, 0.2) is 72.8 Å². The van der Waals surface area contributed by atoms with E-state index in [2.05, 4.69) is 5.32 Å². The van der Waals surface area contributed by atoms with Crippen molar-refractivity contribution in [1.29, 1.82) is 0 Å². The number of aryl methyl sites for hydroxylation is 1. The lowest BCUT2D eigenvalue weighted by Crippen LogP contribution is -2.31. The lowest BCUT2D eigenvalue weighted by Gasteiger charge is -2.24. The van der Waals surface area contributed by atoms with Crippen molar-refractivity contribution in [1.82, 2.24) is 5.32 Å². The molecule has 0 radical (unpaired) electrons. The summed E-state index contributed by atoms with van der Waals surface area (Å²) in [5.74, 6) is -0.559. The molecule has 0 aliphatic rings. The van der Waals surface area contributed by atoms with Crippen LogP contribution in [0, 0.1) is 12.7 Å². The third-order valence-corrected chi connectivity index (χ3v) is 4.84. The Balaban J connectivity index is 1.87. The van der Waals surface area contributed by atoms with Crippen LogP contribution in [0.2, 0.25) is 0 Å². The molecule has 0 saturated carbocycles. The molecule has 0 aliphatic heterocycles. The van der Waals surface area contributed by atoms with Gasteiger partial charge in [0.25, 0.3) is 5.91 Å². The topological polar surface area (TPSA) is 49.4 Å². The second kappa shape index (κ2) is 10.0. The van der Waals surface area contributed by atoms with E-state index in [1.165, 1.54) is 12.1 Å². The van der Waals surface area contributed by atoms with E-state index in [-0.39, 0.29) is 36.6 Å². The molecule has 0 aromatic heterocycles. The number of anilines is 1. The number of halogens is 1. The minimum atomic E-state index is -0.341. The fourth-order valence-electron chi connectivity index (χ4n) is 3.30. The smallest absolute Gasteiger partial charge is 0.258 e. The molecule has 2 amide bonds. The lowest BCUT2D eigenvalue weighted by atomic mass is 10.1. The molecule has 5 heteroatoms. The first-order valence-corrected chi connectivity index (χ1v) is 10.3. The van der Waals surface area contributed by atoms with Crippen LogP contribution in [0.25, 0.3) is 0 Å². The highest BCUT2D eigenvalue weighted by molar-refractivity contribution is 6.06. The summed E-state index contributed by atoms with van der Waals surface area (Å²) in [4.78, 5) is 26.9. The highest BCUT2D eigenvalue weighted by Crippen LogP contribution is 2.22. The Morgan fingerprint density at radius 1 is 0.935 bits per heavy atom. The zero-order valence-electron chi connectivity index (χ0n) is 18.1. The minimum Gasteiger partial charge on any atom is -0.354 e. The normalized spacial score (nSPS) is 10.7. The Bertz CT molecular complexity index is 1040. The summed E-state index contributed by atoms with van der Waals surface area (Å²) >= 11 is 0. The van der Waals surface area contributed by atoms with Crippen molar-refractivity contribution < 1.29 is 14.0 Å². The fourth-order valence-corrected chi connectivity index (χ4v) is 3.30. The van der Waals surface area contributed by atoms with Gasteiger partial charge in [-0.2, -0.15) is 0 Å². The molecule has 0 spiro atoms. The summed E-state index contributed by atoms with van der Waals surface area (Å²) in [7, 11) is 0. The molecule has 3 aromatic rings. The third kappa shape index (κ3) is 6.25. The molecule has 1 N–H and O–H groups in total. The summed E-state index contributed by atoms with van der Waals surface area (Å²) in [5.41, 5.74) is 3.86. The highest BCUT2D eigenvalue weighted by Gasteiger charge is 2.19. The van der Waals surface area contributed by atoms with Gasteiger partial charge in [0.2, 0.25) is 5.91 Å². The van der Waals surface area contributed by atoms with Gasteiger partial charge in [0.1, 0.15) is 5.82 Å². The standard InChI is InChI=1S/C26H27FN2O2/c1-18(2)28-25(30)16-20-9-13-24(14-10-20)29(17-21-5-4-6-23(27)15-21)26(31)22-11-7-19(3)8-12-22/h4-15,18H,16-17H2,1-3H3,(H,28,30). The summed E-state index contributed by atoms with van der Waals surface area (Å²) in [6, 6.07) is 21.0. The predicted octanol–water partition coefficient (Wildman–Crippen LogP) is 5.05. The molecular weight excluding hydrogens is 391 g/mol. The predicted molar refractivity (Wildman–Crippen MR) is 122 cm³/mol. The van der Waals surface area contributed by atoms with Crippen molar-refractivity contribution in [2.75, 3.05) is 4.90 Å². The van der Waals surface area contributed by atoms with Gasteiger partial charge < -0.3 is 10.2 Å². The second-order valence-corrected chi connectivity index (χ2v) is 7.95. The Labute approximate surface area is 182 Å². The van der Waals surface area contributed by atoms with Gasteiger partial charge in [0, 0.05) is 17.3 Å². The molecule has 0 atom stereocenters. The Morgan fingerprint density at radius 2 is 1.61 bits per heavy atom. The number of carbonyl (C=O) groups excluding carboxylic acids is 2. The molecule has 4 nitrogen and oxygen atoms in total. The maximum Gasteiger partial charge on any atom is 0.258 e. The molecule has 0 fully saturated rings. The van der Waals surface area contributed by atoms with Crippen molar-refractivity contribution in [3.63, 3.8) is 0 Å². The average molecular weight is 419 g/mol. The Morgan fingerprint density at radius 3 is 2.23 bits per heavy atom. The largest absolute Gasteiger partial charge is 0.354 e. The van der Waals surface area contributed by atoms with Crippen LogP contribution in [-0.4, -0.2) is 17.9 Å². The molecule has 0 bridgehead atoms. The number of nitrogens with zero attached hydrogens (tertiary/aromatic N) is 1. The number of benzene rings is 3. The van der Waals surface area contributed by atoms with E-state index in [0.717, 1.165) is 11.1 Å². The molecule has 0 aliphatic carbocycles. The van der Waals surface area contributed by atoms with Gasteiger partial charge in [-0.25, -0.2) is 4.39 Å². The van der Waals surface area contributed by atoms with E-state index in [1.54, 1.807) is 29.2 Å². The van der Waals surface area contributed by atoms with Crippen LogP contribution in [-0.2, 0) is 17.8 Å². The molecule has 0 saturated heterocycles. The summed E-state index contributed by atoms with van der Waals surface area (Å²) < 4.78 is 13.7. The van der Waals surface area contributed by atoms with Crippen LogP contribution in [0.1, 0.15) is 40.9 Å². The van der Waals surface area contributed by atoms with Crippen molar-refractivity contribution in [2.24, 2.45) is 0 Å². The summed E-state index contributed by atoms with van der Waals surface area (Å²) in [6.45, 7) is 6.04. The number of nitrogens with one attached hydrogen (secondary N) is 1. The molecule has 0 heterocycles. The highest BCUT2D eigenvalue weighted by atomic mass is 19.1. The van der Waals surface area contributed by atoms with E-state index in [9.17, 15) is 14.0 Å². The van der Waals surface area contributed by atoms with E-state index in [0.29, 0.717) is 16.8 Å². The van der Waals surface area contributed by atoms with Gasteiger partial charge in [0.05, 0.1) is 13.0 Å². The Hall–Kier alpha value is -3.47. The van der Waals surface area contributed by atoms with Gasteiger partial charge in [-0.3, -0.25) is 9.59 Å². The maximum atomic E-state index is 13.7. The van der Waals surface area contributed by atoms with Gasteiger partial charge in [0.15, 0.2) is 0 Å². The average Bonchev–Trinajstić information content (AvgIpc) is 2.72. The molecule has 31 heavy (non-hydrogen) atoms. The molecule has 160 valence electrons. The number of rotatable bonds is 7. The number of amides is 2. The lowest BCUT2D eigenvalue weighted by molar-refractivity contribution is -0.120. The van der Waals surface area contributed by atoms with Crippen LogP contribution in [0.4, 0.5) is 10.1 Å². The van der Waals surface area contributed by atoms with Crippen molar-refractivity contribution >= 4 is 17.5 Å². The van der Waals surface area contributed by atoms with Crippen LogP contribution in [0.5, 0.6) is 0 Å². The van der Waals surface area contributed by atoms with Crippen LogP contribution in [0.3, 0.4) is 0 Å². The summed E-state index contributed by atoms with van der Waals surface area (Å²) in [6.07, 6.45) is 0.272. The SMILES string of the molecule is Cc1ccc(C(=O)N(Cc2cccc(F)c2)c2ccc(CC(=O)NC(C)C)cc2)cc1. The van der Waals surface area contributed by atoms with E-state index in [4.69, 9.17) is 0 Å². The van der Waals surface area contributed by atoms with E-state index < -0.39 is 0 Å². The van der Waals surface area contributed by atoms with Crippen LogP contribution < -0.4 is 10.2 Å². The second-order valence-electron chi connectivity index (χ2n) is 7.95. The zero-order valence-corrected chi connectivity index (χ0v) is 18.1. The first-order valence-electron chi connectivity index (χ1n) is 10.3. The monoisotopic (exact) mass is 418 g/mol. The Kier molecular flexibility index (Phi) is 7.19. The molecule has 3 aromatic carbocycles. The number of hydrogen-bond acceptors (Lipinski definition) is 2. The maximum absolute atomic E-state index is 13.7. The first kappa shape index (κ1) is 22.2. The van der Waals surface area contributed by atoms with Gasteiger partial charge in [-0.05, 0) is 68.3 Å². The van der Waals surface area contributed by atoms with Gasteiger partial charge in [-0.15, -0.1) is 0 Å². The van der Waals surface area contributed by atoms with Gasteiger partial charge >= 0.3 is 0 Å². The van der Waals surface area contributed by atoms with Crippen molar-refractivity contribution in [3.05, 3.63) is 101 Å². The quantitative estimate of drug-likeness (QED) is 0.584. The van der Waals surface area contributed by atoms with Gasteiger partial charge in [-0.1, -0.05) is 42.0 Å². The van der Waals surface area contributed by atoms with Crippen molar-refractivity contribution in [2.45, 2.75) is 39.8 Å². The number of hydrogen-bond donors (Lipinski definition) is 1. The van der Waals surface area contributed by atoms with E-state index in [1.807, 2.05) is 57.2 Å². The van der Waals surface area contributed by atoms with E-state index >= 15 is 0 Å². The number of carbonyl (C=O) groups is 2. The summed E-state index contributed by atoms with van der Waals surface area (Å²) in [5, 5.41) is 2.87. The third-order valence-electron chi connectivity index (χ3n) is 4.84. The molecule has 0 unspecified atom stereocenters. The first-order chi connectivity index (χ1) is 14.8.